The molecule has 6 nitrogen and oxygen atoms in total. The second kappa shape index (κ2) is 8.96. The smallest absolute Gasteiger partial charge is 0.410 e. The SMILES string of the molecule is COC[C@@H]1C[C@@H](c2cc3ccc4cc5c(cc4c3[nH]2)OCc2cc(Cl)ccc2-5)N(C(=O)OC(C)(C)C)C1. The van der Waals surface area contributed by atoms with Crippen LogP contribution in [0.25, 0.3) is 32.8 Å². The number of H-pyrrole nitrogens is 1. The van der Waals surface area contributed by atoms with Gasteiger partial charge in [0.05, 0.1) is 18.2 Å². The fourth-order valence-corrected chi connectivity index (χ4v) is 5.88. The summed E-state index contributed by atoms with van der Waals surface area (Å²) in [5.41, 5.74) is 4.82. The van der Waals surface area contributed by atoms with Gasteiger partial charge in [-0.3, -0.25) is 4.90 Å². The van der Waals surface area contributed by atoms with Gasteiger partial charge < -0.3 is 19.2 Å². The third kappa shape index (κ3) is 4.42. The molecule has 2 atom stereocenters. The molecule has 192 valence electrons. The molecule has 3 heterocycles. The summed E-state index contributed by atoms with van der Waals surface area (Å²) in [7, 11) is 1.70. The van der Waals surface area contributed by atoms with Gasteiger partial charge in [0.25, 0.3) is 0 Å². The molecule has 0 aliphatic carbocycles. The van der Waals surface area contributed by atoms with E-state index in [0.29, 0.717) is 24.8 Å². The topological polar surface area (TPSA) is 63.8 Å². The lowest BCUT2D eigenvalue weighted by atomic mass is 9.94. The fourth-order valence-electron chi connectivity index (χ4n) is 5.68. The van der Waals surface area contributed by atoms with Gasteiger partial charge in [-0.2, -0.15) is 0 Å². The van der Waals surface area contributed by atoms with E-state index in [0.717, 1.165) is 56.2 Å². The molecule has 1 saturated heterocycles. The molecule has 1 fully saturated rings. The van der Waals surface area contributed by atoms with Gasteiger partial charge in [-0.1, -0.05) is 29.8 Å². The number of nitrogens with one attached hydrogen (secondary N) is 1. The maximum Gasteiger partial charge on any atom is 0.410 e. The summed E-state index contributed by atoms with van der Waals surface area (Å²) in [5.74, 6) is 1.11. The fraction of sp³-hybridized carbons (Fsp3) is 0.367. The van der Waals surface area contributed by atoms with Crippen LogP contribution in [0.2, 0.25) is 5.02 Å². The first kappa shape index (κ1) is 24.1. The monoisotopic (exact) mass is 518 g/mol. The first-order valence-electron chi connectivity index (χ1n) is 12.7. The number of carbonyl (C=O) groups is 1. The highest BCUT2D eigenvalue weighted by atomic mass is 35.5. The van der Waals surface area contributed by atoms with Gasteiger partial charge in [0.15, 0.2) is 0 Å². The van der Waals surface area contributed by atoms with E-state index in [1.54, 1.807) is 7.11 Å². The zero-order chi connectivity index (χ0) is 25.9. The molecule has 0 unspecified atom stereocenters. The third-order valence-electron chi connectivity index (χ3n) is 7.25. The molecule has 6 rings (SSSR count). The van der Waals surface area contributed by atoms with Gasteiger partial charge in [-0.05, 0) is 74.0 Å². The molecule has 1 amide bonds. The lowest BCUT2D eigenvalue weighted by Gasteiger charge is -2.28. The number of methoxy groups -OCH3 is 1. The van der Waals surface area contributed by atoms with Crippen molar-refractivity contribution in [3.63, 3.8) is 0 Å². The first-order chi connectivity index (χ1) is 17.7. The molecule has 2 aliphatic rings. The minimum atomic E-state index is -0.555. The Labute approximate surface area is 221 Å². The summed E-state index contributed by atoms with van der Waals surface area (Å²) in [6.07, 6.45) is 0.524. The molecule has 4 aromatic rings. The summed E-state index contributed by atoms with van der Waals surface area (Å²) < 4.78 is 17.3. The average molecular weight is 519 g/mol. The summed E-state index contributed by atoms with van der Waals surface area (Å²) in [6, 6.07) is 16.6. The van der Waals surface area contributed by atoms with Gasteiger partial charge in [-0.15, -0.1) is 0 Å². The number of aromatic amines is 1. The van der Waals surface area contributed by atoms with Crippen molar-refractivity contribution in [3.05, 3.63) is 64.8 Å². The second-order valence-electron chi connectivity index (χ2n) is 11.1. The van der Waals surface area contributed by atoms with Crippen molar-refractivity contribution in [1.29, 1.82) is 0 Å². The number of ether oxygens (including phenoxy) is 3. The summed E-state index contributed by atoms with van der Waals surface area (Å²) >= 11 is 6.21. The highest BCUT2D eigenvalue weighted by Gasteiger charge is 2.39. The molecule has 7 heteroatoms. The number of likely N-dealkylation sites (tertiary alicyclic amines) is 1. The summed E-state index contributed by atoms with van der Waals surface area (Å²) in [4.78, 5) is 18.6. The van der Waals surface area contributed by atoms with Gasteiger partial charge in [0.1, 0.15) is 18.0 Å². The van der Waals surface area contributed by atoms with Crippen LogP contribution in [0.3, 0.4) is 0 Å². The lowest BCUT2D eigenvalue weighted by Crippen LogP contribution is -2.37. The van der Waals surface area contributed by atoms with Gasteiger partial charge >= 0.3 is 6.09 Å². The standard InChI is InChI=1S/C30H31ClN2O4/c1-30(2,3)37-29(34)33-14-17(15-35-4)9-26(33)25-12-19-6-5-18-11-24-22-8-7-21(31)10-20(22)16-36-27(24)13-23(18)28(19)32-25/h5-8,10-13,17,26,32H,9,14-16H2,1-4H3/t17-,26+/m1/s1. The van der Waals surface area contributed by atoms with Crippen LogP contribution in [0.15, 0.2) is 48.5 Å². The van der Waals surface area contributed by atoms with Crippen LogP contribution in [0.1, 0.15) is 44.5 Å². The van der Waals surface area contributed by atoms with Crippen molar-refractivity contribution in [2.75, 3.05) is 20.3 Å². The van der Waals surface area contributed by atoms with E-state index in [9.17, 15) is 4.79 Å². The van der Waals surface area contributed by atoms with Crippen molar-refractivity contribution in [1.82, 2.24) is 9.88 Å². The Hall–Kier alpha value is -3.22. The number of rotatable bonds is 3. The Bertz CT molecular complexity index is 1520. The predicted octanol–water partition coefficient (Wildman–Crippen LogP) is 7.48. The largest absolute Gasteiger partial charge is 0.488 e. The zero-order valence-corrected chi connectivity index (χ0v) is 22.3. The number of carbonyl (C=O) groups excluding carboxylic acids is 1. The van der Waals surface area contributed by atoms with Crippen LogP contribution >= 0.6 is 11.6 Å². The van der Waals surface area contributed by atoms with Crippen molar-refractivity contribution >= 4 is 39.4 Å². The molecular formula is C30H31ClN2O4. The Kier molecular flexibility index (Phi) is 5.85. The van der Waals surface area contributed by atoms with Crippen LogP contribution in [0, 0.1) is 5.92 Å². The van der Waals surface area contributed by atoms with Crippen LogP contribution in [0.4, 0.5) is 4.79 Å². The van der Waals surface area contributed by atoms with E-state index < -0.39 is 5.60 Å². The number of hydrogen-bond donors (Lipinski definition) is 1. The first-order valence-corrected chi connectivity index (χ1v) is 13.1. The number of amides is 1. The van der Waals surface area contributed by atoms with Gasteiger partial charge in [-0.25, -0.2) is 4.79 Å². The molecule has 37 heavy (non-hydrogen) atoms. The van der Waals surface area contributed by atoms with Crippen molar-refractivity contribution in [2.45, 2.75) is 45.4 Å². The molecule has 0 bridgehead atoms. The molecule has 3 aromatic carbocycles. The Morgan fingerprint density at radius 1 is 1.11 bits per heavy atom. The predicted molar refractivity (Wildman–Crippen MR) is 146 cm³/mol. The number of fused-ring (bicyclic) bond motifs is 6. The van der Waals surface area contributed by atoms with E-state index in [-0.39, 0.29) is 18.1 Å². The Balaban J connectivity index is 1.41. The van der Waals surface area contributed by atoms with Crippen LogP contribution in [-0.4, -0.2) is 41.8 Å². The van der Waals surface area contributed by atoms with Crippen LogP contribution in [0.5, 0.6) is 5.75 Å². The molecule has 0 radical (unpaired) electrons. The number of hydrogen-bond acceptors (Lipinski definition) is 4. The van der Waals surface area contributed by atoms with E-state index in [2.05, 4.69) is 41.4 Å². The summed E-state index contributed by atoms with van der Waals surface area (Å²) in [6.45, 7) is 7.39. The number of benzene rings is 3. The lowest BCUT2D eigenvalue weighted by molar-refractivity contribution is 0.0211. The molecule has 0 saturated carbocycles. The maximum atomic E-state index is 13.1. The highest BCUT2D eigenvalue weighted by molar-refractivity contribution is 6.30. The van der Waals surface area contributed by atoms with Crippen LogP contribution in [-0.2, 0) is 16.1 Å². The number of aromatic nitrogens is 1. The van der Waals surface area contributed by atoms with Gasteiger partial charge in [0.2, 0.25) is 0 Å². The normalized spacial score (nSPS) is 19.1. The number of halogens is 1. The van der Waals surface area contributed by atoms with Crippen molar-refractivity contribution in [2.24, 2.45) is 5.92 Å². The Morgan fingerprint density at radius 3 is 2.70 bits per heavy atom. The minimum absolute atomic E-state index is 0.108. The van der Waals surface area contributed by atoms with E-state index in [1.165, 1.54) is 0 Å². The molecule has 0 spiro atoms. The van der Waals surface area contributed by atoms with Crippen molar-refractivity contribution < 1.29 is 19.0 Å². The third-order valence-corrected chi connectivity index (χ3v) is 7.49. The highest BCUT2D eigenvalue weighted by Crippen LogP contribution is 2.43. The zero-order valence-electron chi connectivity index (χ0n) is 21.6. The maximum absolute atomic E-state index is 13.1. The second-order valence-corrected chi connectivity index (χ2v) is 11.6. The molecule has 1 N–H and O–H groups in total. The molecule has 1 aromatic heterocycles. The van der Waals surface area contributed by atoms with E-state index >= 15 is 0 Å². The summed E-state index contributed by atoms with van der Waals surface area (Å²) in [5, 5.41) is 4.03. The minimum Gasteiger partial charge on any atom is -0.488 e. The van der Waals surface area contributed by atoms with Crippen molar-refractivity contribution in [3.8, 4) is 16.9 Å². The quantitative estimate of drug-likeness (QED) is 0.305. The van der Waals surface area contributed by atoms with E-state index in [1.807, 2.05) is 37.8 Å². The molecular weight excluding hydrogens is 488 g/mol. The van der Waals surface area contributed by atoms with Gasteiger partial charge in [0, 0.05) is 46.6 Å². The van der Waals surface area contributed by atoms with Crippen LogP contribution < -0.4 is 4.74 Å². The van der Waals surface area contributed by atoms with E-state index in [4.69, 9.17) is 25.8 Å². The Morgan fingerprint density at radius 2 is 1.92 bits per heavy atom. The average Bonchev–Trinajstić information content (AvgIpc) is 3.46. The number of nitrogens with zero attached hydrogens (tertiary/aromatic N) is 1. The molecule has 2 aliphatic heterocycles.